The van der Waals surface area contributed by atoms with Gasteiger partial charge >= 0.3 is 0 Å². The molecule has 2 N–H and O–H groups in total. The van der Waals surface area contributed by atoms with Crippen molar-refractivity contribution in [2.24, 2.45) is 5.41 Å². The van der Waals surface area contributed by atoms with E-state index in [2.05, 4.69) is 10.6 Å². The molecule has 2 fully saturated rings. The number of rotatable bonds is 2. The molecule has 2 atom stereocenters. The molecule has 2 aliphatic rings. The molecular formula is C12H21N3O3. The number of morpholine rings is 1. The van der Waals surface area contributed by atoms with Crippen molar-refractivity contribution >= 4 is 11.8 Å². The fourth-order valence-electron chi connectivity index (χ4n) is 2.58. The van der Waals surface area contributed by atoms with Gasteiger partial charge in [0.2, 0.25) is 11.8 Å². The van der Waals surface area contributed by atoms with Crippen molar-refractivity contribution in [3.63, 3.8) is 0 Å². The van der Waals surface area contributed by atoms with E-state index in [-0.39, 0.29) is 17.9 Å². The molecule has 6 nitrogen and oxygen atoms in total. The lowest BCUT2D eigenvalue weighted by molar-refractivity contribution is -0.136. The maximum absolute atomic E-state index is 12.3. The highest BCUT2D eigenvalue weighted by molar-refractivity contribution is 5.86. The normalized spacial score (nSPS) is 32.3. The van der Waals surface area contributed by atoms with Crippen molar-refractivity contribution in [1.82, 2.24) is 15.5 Å². The number of amides is 2. The summed E-state index contributed by atoms with van der Waals surface area (Å²) in [5, 5.41) is 5.82. The molecule has 0 radical (unpaired) electrons. The molecular weight excluding hydrogens is 234 g/mol. The summed E-state index contributed by atoms with van der Waals surface area (Å²) in [4.78, 5) is 25.8. The van der Waals surface area contributed by atoms with Gasteiger partial charge in [0.1, 0.15) is 6.04 Å². The Morgan fingerprint density at radius 1 is 1.50 bits per heavy atom. The van der Waals surface area contributed by atoms with Crippen molar-refractivity contribution in [2.45, 2.75) is 19.4 Å². The van der Waals surface area contributed by atoms with Gasteiger partial charge in [-0.15, -0.1) is 0 Å². The number of hydrogen-bond donors (Lipinski definition) is 2. The third-order valence-corrected chi connectivity index (χ3v) is 3.78. The molecule has 18 heavy (non-hydrogen) atoms. The van der Waals surface area contributed by atoms with Crippen molar-refractivity contribution in [3.05, 3.63) is 0 Å². The first kappa shape index (κ1) is 13.3. The van der Waals surface area contributed by atoms with Gasteiger partial charge in [-0.1, -0.05) is 0 Å². The van der Waals surface area contributed by atoms with Gasteiger partial charge in [-0.2, -0.15) is 0 Å². The van der Waals surface area contributed by atoms with E-state index in [4.69, 9.17) is 4.74 Å². The fraction of sp³-hybridized carbons (Fsp3) is 0.833. The lowest BCUT2D eigenvalue weighted by Gasteiger charge is -2.28. The highest BCUT2D eigenvalue weighted by Crippen LogP contribution is 2.30. The zero-order valence-electron chi connectivity index (χ0n) is 11.0. The molecule has 6 heteroatoms. The molecule has 2 unspecified atom stereocenters. The van der Waals surface area contributed by atoms with Gasteiger partial charge in [0.05, 0.1) is 18.6 Å². The lowest BCUT2D eigenvalue weighted by atomic mass is 9.89. The Balaban J connectivity index is 1.95. The van der Waals surface area contributed by atoms with Crippen LogP contribution in [0.4, 0.5) is 0 Å². The van der Waals surface area contributed by atoms with Crippen LogP contribution in [-0.2, 0) is 14.3 Å². The summed E-state index contributed by atoms with van der Waals surface area (Å²) < 4.78 is 5.29. The summed E-state index contributed by atoms with van der Waals surface area (Å²) in [6, 6.07) is -0.259. The number of ether oxygens (including phenoxy) is 1. The molecule has 0 aromatic rings. The van der Waals surface area contributed by atoms with E-state index < -0.39 is 5.41 Å². The predicted molar refractivity (Wildman–Crippen MR) is 66.0 cm³/mol. The van der Waals surface area contributed by atoms with E-state index in [1.807, 2.05) is 6.92 Å². The molecule has 2 amide bonds. The average Bonchev–Trinajstić information content (AvgIpc) is 2.82. The van der Waals surface area contributed by atoms with Gasteiger partial charge in [0.25, 0.3) is 0 Å². The molecule has 0 spiro atoms. The molecule has 2 heterocycles. The van der Waals surface area contributed by atoms with Crippen LogP contribution >= 0.6 is 0 Å². The summed E-state index contributed by atoms with van der Waals surface area (Å²) in [7, 11) is 1.63. The van der Waals surface area contributed by atoms with E-state index >= 15 is 0 Å². The SMILES string of the molecule is CNC(=O)C1(C)CCN(C(=O)C2COCCN2)C1. The number of hydrogen-bond acceptors (Lipinski definition) is 4. The number of likely N-dealkylation sites (tertiary alicyclic amines) is 1. The standard InChI is InChI=1S/C12H21N3O3/c1-12(11(17)13-2)3-5-15(8-12)10(16)9-7-18-6-4-14-9/h9,14H,3-8H2,1-2H3,(H,13,17). The zero-order valence-corrected chi connectivity index (χ0v) is 11.0. The Bertz CT molecular complexity index is 341. The Labute approximate surface area is 107 Å². The van der Waals surface area contributed by atoms with E-state index in [1.165, 1.54) is 0 Å². The second-order valence-corrected chi connectivity index (χ2v) is 5.23. The van der Waals surface area contributed by atoms with Crippen molar-refractivity contribution < 1.29 is 14.3 Å². The number of nitrogens with one attached hydrogen (secondary N) is 2. The first-order valence-corrected chi connectivity index (χ1v) is 6.39. The van der Waals surface area contributed by atoms with Gasteiger partial charge in [-0.05, 0) is 13.3 Å². The van der Waals surface area contributed by atoms with E-state index in [1.54, 1.807) is 11.9 Å². The molecule has 0 bridgehead atoms. The molecule has 0 aromatic heterocycles. The van der Waals surface area contributed by atoms with Crippen LogP contribution in [0, 0.1) is 5.41 Å². The number of carbonyl (C=O) groups excluding carboxylic acids is 2. The Kier molecular flexibility index (Phi) is 3.87. The van der Waals surface area contributed by atoms with Gasteiger partial charge < -0.3 is 20.3 Å². The molecule has 102 valence electrons. The minimum absolute atomic E-state index is 0.00523. The summed E-state index contributed by atoms with van der Waals surface area (Å²) in [6.07, 6.45) is 0.714. The average molecular weight is 255 g/mol. The maximum atomic E-state index is 12.3. The quantitative estimate of drug-likeness (QED) is 0.661. The van der Waals surface area contributed by atoms with Crippen LogP contribution in [0.25, 0.3) is 0 Å². The van der Waals surface area contributed by atoms with Crippen molar-refractivity contribution in [1.29, 1.82) is 0 Å². The van der Waals surface area contributed by atoms with Crippen LogP contribution in [0.1, 0.15) is 13.3 Å². The smallest absolute Gasteiger partial charge is 0.242 e. The first-order chi connectivity index (χ1) is 8.57. The molecule has 0 aliphatic carbocycles. The minimum atomic E-state index is -0.458. The largest absolute Gasteiger partial charge is 0.378 e. The Morgan fingerprint density at radius 2 is 2.28 bits per heavy atom. The highest BCUT2D eigenvalue weighted by atomic mass is 16.5. The molecule has 2 aliphatic heterocycles. The monoisotopic (exact) mass is 255 g/mol. The first-order valence-electron chi connectivity index (χ1n) is 6.39. The third-order valence-electron chi connectivity index (χ3n) is 3.78. The van der Waals surface area contributed by atoms with Gasteiger partial charge in [0, 0.05) is 26.7 Å². The van der Waals surface area contributed by atoms with E-state index in [9.17, 15) is 9.59 Å². The maximum Gasteiger partial charge on any atom is 0.242 e. The van der Waals surface area contributed by atoms with E-state index in [0.29, 0.717) is 39.3 Å². The van der Waals surface area contributed by atoms with Gasteiger partial charge in [-0.25, -0.2) is 0 Å². The van der Waals surface area contributed by atoms with Crippen LogP contribution in [0.2, 0.25) is 0 Å². The van der Waals surface area contributed by atoms with Crippen LogP contribution in [0.3, 0.4) is 0 Å². The minimum Gasteiger partial charge on any atom is -0.378 e. The summed E-state index contributed by atoms with van der Waals surface area (Å²) in [5.74, 6) is 0.0491. The van der Waals surface area contributed by atoms with E-state index in [0.717, 1.165) is 0 Å². The second kappa shape index (κ2) is 5.24. The second-order valence-electron chi connectivity index (χ2n) is 5.23. The molecule has 2 rings (SSSR count). The molecule has 2 saturated heterocycles. The zero-order chi connectivity index (χ0) is 13.2. The summed E-state index contributed by atoms with van der Waals surface area (Å²) in [6.45, 7) is 4.82. The molecule has 0 aromatic carbocycles. The molecule has 0 saturated carbocycles. The van der Waals surface area contributed by atoms with Crippen LogP contribution in [0.15, 0.2) is 0 Å². The highest BCUT2D eigenvalue weighted by Gasteiger charge is 2.42. The summed E-state index contributed by atoms with van der Waals surface area (Å²) in [5.41, 5.74) is -0.458. The van der Waals surface area contributed by atoms with Crippen LogP contribution in [-0.4, -0.2) is 62.7 Å². The van der Waals surface area contributed by atoms with Crippen LogP contribution in [0.5, 0.6) is 0 Å². The van der Waals surface area contributed by atoms with Gasteiger partial charge in [-0.3, -0.25) is 9.59 Å². The fourth-order valence-corrected chi connectivity index (χ4v) is 2.58. The van der Waals surface area contributed by atoms with Crippen LogP contribution < -0.4 is 10.6 Å². The van der Waals surface area contributed by atoms with Crippen molar-refractivity contribution in [2.75, 3.05) is 39.9 Å². The number of carbonyl (C=O) groups is 2. The summed E-state index contributed by atoms with van der Waals surface area (Å²) >= 11 is 0. The van der Waals surface area contributed by atoms with Crippen molar-refractivity contribution in [3.8, 4) is 0 Å². The van der Waals surface area contributed by atoms with Gasteiger partial charge in [0.15, 0.2) is 0 Å². The topological polar surface area (TPSA) is 70.7 Å². The Morgan fingerprint density at radius 3 is 2.89 bits per heavy atom. The Hall–Kier alpha value is -1.14. The predicted octanol–water partition coefficient (Wildman–Crippen LogP) is -1.04. The third kappa shape index (κ3) is 2.49. The lowest BCUT2D eigenvalue weighted by Crippen LogP contribution is -2.52. The number of nitrogens with zero attached hydrogens (tertiary/aromatic N) is 1.